The van der Waals surface area contributed by atoms with Gasteiger partial charge in [0.2, 0.25) is 5.11 Å². The molecule has 19 heavy (non-hydrogen) atoms. The van der Waals surface area contributed by atoms with Crippen LogP contribution in [-0.4, -0.2) is 27.8 Å². The molecule has 0 fully saturated rings. The average Bonchev–Trinajstić information content (AvgIpc) is 2.38. The number of amides is 1. The van der Waals surface area contributed by atoms with Gasteiger partial charge >= 0.3 is 0 Å². The molecule has 8 heteroatoms. The summed E-state index contributed by atoms with van der Waals surface area (Å²) < 4.78 is 0. The fraction of sp³-hybridized carbons (Fsp3) is 0.182. The van der Waals surface area contributed by atoms with Crippen molar-refractivity contribution in [3.8, 4) is 0 Å². The van der Waals surface area contributed by atoms with Crippen molar-refractivity contribution in [1.29, 1.82) is 0 Å². The molecular formula is C11H10ClN5OS. The summed E-state index contributed by atoms with van der Waals surface area (Å²) in [6.45, 7) is 1.66. The number of azo groups is 1. The highest BCUT2D eigenvalue weighted by Gasteiger charge is 2.32. The number of thiocarbonyl (C=S) groups is 1. The van der Waals surface area contributed by atoms with Gasteiger partial charge in [0.05, 0.1) is 11.4 Å². The molecule has 1 heterocycles. The zero-order valence-corrected chi connectivity index (χ0v) is 11.5. The first-order valence-electron chi connectivity index (χ1n) is 5.33. The van der Waals surface area contributed by atoms with E-state index < -0.39 is 11.9 Å². The molecule has 0 unspecified atom stereocenters. The van der Waals surface area contributed by atoms with Crippen LogP contribution in [0.1, 0.15) is 6.92 Å². The molecule has 1 aromatic carbocycles. The van der Waals surface area contributed by atoms with Crippen LogP contribution >= 0.6 is 23.8 Å². The molecule has 1 aromatic rings. The van der Waals surface area contributed by atoms with Crippen molar-refractivity contribution < 1.29 is 4.79 Å². The number of hydrogen-bond donors (Lipinski definition) is 1. The number of hydrogen-bond acceptors (Lipinski definition) is 5. The Morgan fingerprint density at radius 2 is 2.05 bits per heavy atom. The number of benzene rings is 1. The number of halogens is 1. The average molecular weight is 296 g/mol. The second kappa shape index (κ2) is 5.52. The molecule has 1 amide bonds. The largest absolute Gasteiger partial charge is 0.275 e. The lowest BCUT2D eigenvalue weighted by molar-refractivity contribution is -0.127. The van der Waals surface area contributed by atoms with E-state index in [1.807, 2.05) is 0 Å². The van der Waals surface area contributed by atoms with E-state index in [1.54, 1.807) is 31.2 Å². The van der Waals surface area contributed by atoms with Crippen molar-refractivity contribution in [2.45, 2.75) is 13.0 Å². The maximum atomic E-state index is 11.9. The summed E-state index contributed by atoms with van der Waals surface area (Å²) in [5, 5.41) is 9.35. The Bertz CT molecular complexity index is 583. The third-order valence-corrected chi connectivity index (χ3v) is 3.00. The second-order valence-electron chi connectivity index (χ2n) is 3.84. The van der Waals surface area contributed by atoms with Gasteiger partial charge in [0, 0.05) is 5.02 Å². The first-order valence-corrected chi connectivity index (χ1v) is 6.12. The van der Waals surface area contributed by atoms with E-state index in [1.165, 1.54) is 0 Å². The van der Waals surface area contributed by atoms with Gasteiger partial charge in [-0.1, -0.05) is 11.6 Å². The molecule has 2 N–H and O–H groups in total. The molecule has 6 nitrogen and oxygen atoms in total. The molecule has 1 aliphatic heterocycles. The zero-order chi connectivity index (χ0) is 14.0. The van der Waals surface area contributed by atoms with Crippen molar-refractivity contribution in [2.75, 3.05) is 0 Å². The number of carbonyl (C=O) groups is 1. The number of hydrazine groups is 1. The number of aliphatic imine (C=N–C) groups is 1. The molecule has 2 rings (SSSR count). The highest BCUT2D eigenvalue weighted by atomic mass is 35.5. The van der Waals surface area contributed by atoms with Gasteiger partial charge in [-0.25, -0.2) is 15.8 Å². The van der Waals surface area contributed by atoms with Crippen LogP contribution in [0.2, 0.25) is 5.02 Å². The third kappa shape index (κ3) is 3.01. The highest BCUT2D eigenvalue weighted by molar-refractivity contribution is 7.80. The van der Waals surface area contributed by atoms with E-state index in [2.05, 4.69) is 15.2 Å². The number of nitrogens with zero attached hydrogens (tertiary/aromatic N) is 4. The predicted molar refractivity (Wildman–Crippen MR) is 76.5 cm³/mol. The highest BCUT2D eigenvalue weighted by Crippen LogP contribution is 2.18. The van der Waals surface area contributed by atoms with Crippen molar-refractivity contribution in [2.24, 2.45) is 21.1 Å². The predicted octanol–water partition coefficient (Wildman–Crippen LogP) is 2.25. The first kappa shape index (κ1) is 13.7. The van der Waals surface area contributed by atoms with Crippen molar-refractivity contribution in [1.82, 2.24) is 5.01 Å². The van der Waals surface area contributed by atoms with E-state index in [0.29, 0.717) is 16.4 Å². The maximum absolute atomic E-state index is 11.9. The van der Waals surface area contributed by atoms with Gasteiger partial charge in [-0.3, -0.25) is 4.79 Å². The van der Waals surface area contributed by atoms with Crippen LogP contribution in [0.5, 0.6) is 0 Å². The lowest BCUT2D eigenvalue weighted by atomic mass is 10.1. The van der Waals surface area contributed by atoms with Gasteiger partial charge < -0.3 is 0 Å². The number of nitrogens with two attached hydrogens (primary N) is 1. The van der Waals surface area contributed by atoms with Crippen molar-refractivity contribution in [3.05, 3.63) is 29.3 Å². The minimum Gasteiger partial charge on any atom is -0.270 e. The Morgan fingerprint density at radius 1 is 1.42 bits per heavy atom. The third-order valence-electron chi connectivity index (χ3n) is 2.46. The molecule has 0 bridgehead atoms. The minimum absolute atomic E-state index is 0.0282. The summed E-state index contributed by atoms with van der Waals surface area (Å²) in [6.07, 6.45) is 0. The molecule has 98 valence electrons. The topological polar surface area (TPSA) is 83.4 Å². The Kier molecular flexibility index (Phi) is 3.98. The molecule has 0 spiro atoms. The van der Waals surface area contributed by atoms with Crippen LogP contribution < -0.4 is 5.84 Å². The summed E-state index contributed by atoms with van der Waals surface area (Å²) in [5.74, 6) is 5.03. The van der Waals surface area contributed by atoms with Crippen molar-refractivity contribution >= 4 is 46.2 Å². The SMILES string of the molecule is CC1=NC(=S)N(N)C(=O)[C@@H]1N=Nc1ccc(Cl)cc1. The van der Waals surface area contributed by atoms with Gasteiger partial charge in [-0.15, -0.1) is 0 Å². The quantitative estimate of drug-likeness (QED) is 0.393. The Morgan fingerprint density at radius 3 is 2.68 bits per heavy atom. The van der Waals surface area contributed by atoms with Gasteiger partial charge in [-0.05, 0) is 43.4 Å². The van der Waals surface area contributed by atoms with Gasteiger partial charge in [0.15, 0.2) is 6.04 Å². The van der Waals surface area contributed by atoms with Gasteiger partial charge in [0.25, 0.3) is 5.91 Å². The fourth-order valence-electron chi connectivity index (χ4n) is 1.44. The van der Waals surface area contributed by atoms with Crippen LogP contribution in [0.15, 0.2) is 39.5 Å². The van der Waals surface area contributed by atoms with E-state index >= 15 is 0 Å². The van der Waals surface area contributed by atoms with Crippen LogP contribution in [0, 0.1) is 0 Å². The normalized spacial score (nSPS) is 20.1. The lowest BCUT2D eigenvalue weighted by Crippen LogP contribution is -2.51. The van der Waals surface area contributed by atoms with E-state index in [0.717, 1.165) is 5.01 Å². The molecular weight excluding hydrogens is 286 g/mol. The summed E-state index contributed by atoms with van der Waals surface area (Å²) in [6, 6.07) is 5.91. The van der Waals surface area contributed by atoms with Gasteiger partial charge in [-0.2, -0.15) is 10.2 Å². The Balaban J connectivity index is 2.22. The molecule has 0 radical (unpaired) electrons. The standard InChI is InChI=1S/C11H10ClN5OS/c1-6-9(10(18)17(13)11(19)14-6)16-15-8-4-2-7(12)3-5-8/h2-5,9H,13H2,1H3/t9-/m1/s1. The number of carbonyl (C=O) groups excluding carboxylic acids is 1. The Hall–Kier alpha value is -1.70. The lowest BCUT2D eigenvalue weighted by Gasteiger charge is -2.23. The second-order valence-corrected chi connectivity index (χ2v) is 4.64. The molecule has 0 aliphatic carbocycles. The molecule has 0 aromatic heterocycles. The molecule has 0 saturated carbocycles. The maximum Gasteiger partial charge on any atom is 0.275 e. The summed E-state index contributed by atoms with van der Waals surface area (Å²) in [4.78, 5) is 15.9. The Labute approximate surface area is 119 Å². The zero-order valence-electron chi connectivity index (χ0n) is 9.95. The molecule has 1 aliphatic rings. The summed E-state index contributed by atoms with van der Waals surface area (Å²) in [5.41, 5.74) is 1.05. The fourth-order valence-corrected chi connectivity index (χ4v) is 1.80. The number of rotatable bonds is 2. The van der Waals surface area contributed by atoms with E-state index in [-0.39, 0.29) is 5.11 Å². The van der Waals surface area contributed by atoms with E-state index in [4.69, 9.17) is 29.7 Å². The molecule has 0 saturated heterocycles. The smallest absolute Gasteiger partial charge is 0.270 e. The monoisotopic (exact) mass is 295 g/mol. The van der Waals surface area contributed by atoms with E-state index in [9.17, 15) is 4.79 Å². The van der Waals surface area contributed by atoms with Gasteiger partial charge in [0.1, 0.15) is 0 Å². The minimum atomic E-state index is -0.840. The van der Waals surface area contributed by atoms with Crippen LogP contribution in [0.4, 0.5) is 5.69 Å². The summed E-state index contributed by atoms with van der Waals surface area (Å²) >= 11 is 10.6. The summed E-state index contributed by atoms with van der Waals surface area (Å²) in [7, 11) is 0. The van der Waals surface area contributed by atoms with Crippen LogP contribution in [0.3, 0.4) is 0 Å². The van der Waals surface area contributed by atoms with Crippen LogP contribution in [0.25, 0.3) is 0 Å². The molecule has 1 atom stereocenters. The van der Waals surface area contributed by atoms with Crippen LogP contribution in [-0.2, 0) is 4.79 Å². The first-order chi connectivity index (χ1) is 8.99. The van der Waals surface area contributed by atoms with Crippen molar-refractivity contribution in [3.63, 3.8) is 0 Å².